The molecule has 0 spiro atoms. The fourth-order valence-electron chi connectivity index (χ4n) is 5.16. The predicted molar refractivity (Wildman–Crippen MR) is 82.1 cm³/mol. The summed E-state index contributed by atoms with van der Waals surface area (Å²) in [4.78, 5) is 19.6. The van der Waals surface area contributed by atoms with E-state index in [0.717, 1.165) is 41.2 Å². The molecule has 4 bridgehead atoms. The van der Waals surface area contributed by atoms with Crippen LogP contribution in [0.5, 0.6) is 0 Å². The Morgan fingerprint density at radius 1 is 1.00 bits per heavy atom. The van der Waals surface area contributed by atoms with E-state index in [-0.39, 0.29) is 5.91 Å². The highest BCUT2D eigenvalue weighted by atomic mass is 16.2. The van der Waals surface area contributed by atoms with E-state index in [0.29, 0.717) is 6.04 Å². The van der Waals surface area contributed by atoms with Crippen molar-refractivity contribution in [2.45, 2.75) is 52.0 Å². The first-order valence-corrected chi connectivity index (χ1v) is 8.34. The summed E-state index contributed by atoms with van der Waals surface area (Å²) in [7, 11) is 0. The molecule has 2 atom stereocenters. The second-order valence-electron chi connectivity index (χ2n) is 7.53. The highest BCUT2D eigenvalue weighted by molar-refractivity contribution is 5.94. The lowest BCUT2D eigenvalue weighted by atomic mass is 9.68. The smallest absolute Gasteiger partial charge is 0.254 e. The summed E-state index contributed by atoms with van der Waals surface area (Å²) in [6, 6.07) is 4.39. The first kappa shape index (κ1) is 13.3. The number of carbonyl (C=O) groups is 1. The fourth-order valence-corrected chi connectivity index (χ4v) is 5.16. The molecule has 21 heavy (non-hydrogen) atoms. The van der Waals surface area contributed by atoms with Gasteiger partial charge in [0.05, 0.1) is 0 Å². The lowest BCUT2D eigenvalue weighted by Crippen LogP contribution is -2.42. The van der Waals surface area contributed by atoms with Gasteiger partial charge in [0.25, 0.3) is 5.91 Å². The van der Waals surface area contributed by atoms with Crippen molar-refractivity contribution in [3.63, 3.8) is 0 Å². The van der Waals surface area contributed by atoms with Crippen LogP contribution in [0.2, 0.25) is 0 Å². The summed E-state index contributed by atoms with van der Waals surface area (Å²) in [5, 5.41) is 0. The third-order valence-corrected chi connectivity index (χ3v) is 5.70. The molecule has 2 saturated carbocycles. The maximum absolute atomic E-state index is 13.0. The Morgan fingerprint density at radius 2 is 1.57 bits per heavy atom. The molecule has 5 rings (SSSR count). The van der Waals surface area contributed by atoms with Crippen LogP contribution in [0, 0.1) is 31.6 Å². The molecule has 3 heteroatoms. The second kappa shape index (κ2) is 4.82. The van der Waals surface area contributed by atoms with E-state index < -0.39 is 0 Å². The van der Waals surface area contributed by atoms with Crippen LogP contribution in [-0.2, 0) is 0 Å². The number of nitrogens with zero attached hydrogens (tertiary/aromatic N) is 2. The molecule has 1 aromatic heterocycles. The van der Waals surface area contributed by atoms with Gasteiger partial charge in [-0.3, -0.25) is 9.78 Å². The van der Waals surface area contributed by atoms with Gasteiger partial charge >= 0.3 is 0 Å². The molecule has 2 unspecified atom stereocenters. The van der Waals surface area contributed by atoms with Crippen molar-refractivity contribution in [3.8, 4) is 0 Å². The number of aryl methyl sites for hydroxylation is 2. The minimum absolute atomic E-state index is 0.238. The summed E-state index contributed by atoms with van der Waals surface area (Å²) in [5.41, 5.74) is 2.72. The topological polar surface area (TPSA) is 33.2 Å². The van der Waals surface area contributed by atoms with Crippen molar-refractivity contribution >= 4 is 5.91 Å². The molecular weight excluding hydrogens is 260 g/mol. The zero-order chi connectivity index (χ0) is 14.6. The average Bonchev–Trinajstić information content (AvgIpc) is 2.61. The Bertz CT molecular complexity index is 548. The highest BCUT2D eigenvalue weighted by Gasteiger charge is 2.44. The number of amides is 1. The van der Waals surface area contributed by atoms with Crippen LogP contribution >= 0.6 is 0 Å². The van der Waals surface area contributed by atoms with Gasteiger partial charge in [0, 0.05) is 29.5 Å². The maximum Gasteiger partial charge on any atom is 0.254 e. The normalized spacial score (nSPS) is 34.1. The number of carbonyl (C=O) groups excluding carboxylic acids is 1. The van der Waals surface area contributed by atoms with Gasteiger partial charge in [0.15, 0.2) is 0 Å². The van der Waals surface area contributed by atoms with Crippen molar-refractivity contribution < 1.29 is 4.79 Å². The van der Waals surface area contributed by atoms with Crippen molar-refractivity contribution in [2.75, 3.05) is 6.54 Å². The van der Waals surface area contributed by atoms with Gasteiger partial charge in [-0.25, -0.2) is 0 Å². The SMILES string of the molecule is Cc1cc(C(=O)N2CC3CC4CC(C3)CC2C4)cc(C)n1. The molecule has 1 amide bonds. The predicted octanol–water partition coefficient (Wildman–Crippen LogP) is 3.35. The first-order valence-electron chi connectivity index (χ1n) is 8.34. The van der Waals surface area contributed by atoms with Crippen molar-refractivity contribution in [2.24, 2.45) is 17.8 Å². The van der Waals surface area contributed by atoms with Gasteiger partial charge < -0.3 is 4.90 Å². The Morgan fingerprint density at radius 3 is 2.19 bits per heavy atom. The zero-order valence-corrected chi connectivity index (χ0v) is 13.0. The van der Waals surface area contributed by atoms with Gasteiger partial charge in [0.1, 0.15) is 0 Å². The molecular formula is C18H24N2O. The molecule has 112 valence electrons. The Balaban J connectivity index is 1.64. The van der Waals surface area contributed by atoms with E-state index in [1.807, 2.05) is 26.0 Å². The number of hydrogen-bond donors (Lipinski definition) is 0. The van der Waals surface area contributed by atoms with E-state index in [2.05, 4.69) is 9.88 Å². The number of rotatable bonds is 1. The van der Waals surface area contributed by atoms with Crippen LogP contribution in [-0.4, -0.2) is 28.4 Å². The minimum Gasteiger partial charge on any atom is -0.335 e. The monoisotopic (exact) mass is 284 g/mol. The summed E-state index contributed by atoms with van der Waals surface area (Å²) >= 11 is 0. The van der Waals surface area contributed by atoms with Crippen LogP contribution in [0.25, 0.3) is 0 Å². The van der Waals surface area contributed by atoms with Gasteiger partial charge in [-0.05, 0) is 75.8 Å². The van der Waals surface area contributed by atoms with Gasteiger partial charge in [-0.15, -0.1) is 0 Å². The van der Waals surface area contributed by atoms with E-state index >= 15 is 0 Å². The van der Waals surface area contributed by atoms with Crippen molar-refractivity contribution in [3.05, 3.63) is 29.1 Å². The molecule has 0 N–H and O–H groups in total. The molecule has 1 aromatic rings. The number of aromatic nitrogens is 1. The Labute approximate surface area is 126 Å². The molecule has 2 saturated heterocycles. The highest BCUT2D eigenvalue weighted by Crippen LogP contribution is 2.47. The van der Waals surface area contributed by atoms with E-state index in [1.54, 1.807) is 0 Å². The van der Waals surface area contributed by atoms with E-state index in [9.17, 15) is 4.79 Å². The molecule has 4 aliphatic rings. The van der Waals surface area contributed by atoms with Crippen LogP contribution < -0.4 is 0 Å². The number of pyridine rings is 1. The van der Waals surface area contributed by atoms with Crippen LogP contribution in [0.4, 0.5) is 0 Å². The quantitative estimate of drug-likeness (QED) is 0.792. The fraction of sp³-hybridized carbons (Fsp3) is 0.667. The molecule has 3 heterocycles. The van der Waals surface area contributed by atoms with Crippen molar-refractivity contribution in [1.29, 1.82) is 0 Å². The van der Waals surface area contributed by atoms with E-state index in [1.165, 1.54) is 32.1 Å². The average molecular weight is 284 g/mol. The van der Waals surface area contributed by atoms with Gasteiger partial charge in [0.2, 0.25) is 0 Å². The number of fused-ring (bicyclic) bond motifs is 1. The molecule has 0 radical (unpaired) electrons. The summed E-state index contributed by atoms with van der Waals surface area (Å²) in [5.74, 6) is 2.74. The lowest BCUT2D eigenvalue weighted by molar-refractivity contribution is 0.0632. The third kappa shape index (κ3) is 2.37. The molecule has 2 aliphatic heterocycles. The van der Waals surface area contributed by atoms with Crippen LogP contribution in [0.15, 0.2) is 12.1 Å². The standard InChI is InChI=1S/C18H24N2O/c1-11-3-16(4-12(2)19-11)18(21)20-10-15-6-13-5-14(7-15)9-17(20)8-13/h3-4,13-15,17H,5-10H2,1-2H3. The zero-order valence-electron chi connectivity index (χ0n) is 13.0. The lowest BCUT2D eigenvalue weighted by Gasteiger charge is -2.39. The van der Waals surface area contributed by atoms with Gasteiger partial charge in [-0.2, -0.15) is 0 Å². The summed E-state index contributed by atoms with van der Waals surface area (Å²) in [6.45, 7) is 4.93. The van der Waals surface area contributed by atoms with Crippen molar-refractivity contribution in [1.82, 2.24) is 9.88 Å². The Kier molecular flexibility index (Phi) is 3.05. The first-order chi connectivity index (χ1) is 10.1. The Hall–Kier alpha value is -1.38. The largest absolute Gasteiger partial charge is 0.335 e. The third-order valence-electron chi connectivity index (χ3n) is 5.70. The molecule has 3 nitrogen and oxygen atoms in total. The van der Waals surface area contributed by atoms with E-state index in [4.69, 9.17) is 0 Å². The summed E-state index contributed by atoms with van der Waals surface area (Å²) in [6.07, 6.45) is 6.60. The summed E-state index contributed by atoms with van der Waals surface area (Å²) < 4.78 is 0. The molecule has 2 aliphatic carbocycles. The molecule has 4 fully saturated rings. The molecule has 0 aromatic carbocycles. The maximum atomic E-state index is 13.0. The minimum atomic E-state index is 0.238. The van der Waals surface area contributed by atoms with Gasteiger partial charge in [-0.1, -0.05) is 0 Å². The van der Waals surface area contributed by atoms with Crippen LogP contribution in [0.1, 0.15) is 53.8 Å². The number of hydrogen-bond acceptors (Lipinski definition) is 2. The van der Waals surface area contributed by atoms with Crippen LogP contribution in [0.3, 0.4) is 0 Å². The second-order valence-corrected chi connectivity index (χ2v) is 7.53.